The molecule has 0 aliphatic heterocycles. The molecule has 0 aliphatic rings. The Morgan fingerprint density at radius 2 is 2.24 bits per heavy atom. The Kier molecular flexibility index (Phi) is 4.36. The Balaban J connectivity index is 2.21. The van der Waals surface area contributed by atoms with Gasteiger partial charge in [0.1, 0.15) is 0 Å². The second-order valence-electron chi connectivity index (χ2n) is 3.41. The minimum atomic E-state index is 0.496. The van der Waals surface area contributed by atoms with Crippen LogP contribution in [0.2, 0.25) is 5.02 Å². The van der Waals surface area contributed by atoms with Crippen molar-refractivity contribution < 1.29 is 4.42 Å². The van der Waals surface area contributed by atoms with Crippen molar-refractivity contribution in [1.29, 1.82) is 0 Å². The molecule has 2 rings (SSSR count). The first-order valence-electron chi connectivity index (χ1n) is 5.19. The maximum Gasteiger partial charge on any atom is 0.247 e. The van der Waals surface area contributed by atoms with Crippen LogP contribution in [0.15, 0.2) is 22.6 Å². The zero-order valence-corrected chi connectivity index (χ0v) is 12.1. The molecule has 0 fully saturated rings. The topological polar surface area (TPSA) is 51.0 Å². The first kappa shape index (κ1) is 12.8. The third-order valence-electron chi connectivity index (χ3n) is 2.16. The molecule has 0 spiro atoms. The number of aromatic nitrogens is 2. The van der Waals surface area contributed by atoms with E-state index in [2.05, 4.69) is 38.1 Å². The molecule has 0 amide bonds. The lowest BCUT2D eigenvalue weighted by molar-refractivity contribution is 0.482. The van der Waals surface area contributed by atoms with E-state index in [1.807, 2.05) is 25.1 Å². The van der Waals surface area contributed by atoms with Crippen molar-refractivity contribution in [3.05, 3.63) is 32.7 Å². The molecule has 1 aromatic heterocycles. The Morgan fingerprint density at radius 3 is 2.94 bits per heavy atom. The van der Waals surface area contributed by atoms with E-state index in [0.717, 1.165) is 15.7 Å². The van der Waals surface area contributed by atoms with Crippen molar-refractivity contribution in [1.82, 2.24) is 15.5 Å². The van der Waals surface area contributed by atoms with Gasteiger partial charge in [0.05, 0.1) is 11.6 Å². The molecule has 90 valence electrons. The Morgan fingerprint density at radius 1 is 1.41 bits per heavy atom. The van der Waals surface area contributed by atoms with Crippen molar-refractivity contribution in [2.45, 2.75) is 13.5 Å². The van der Waals surface area contributed by atoms with Crippen molar-refractivity contribution in [2.24, 2.45) is 0 Å². The van der Waals surface area contributed by atoms with E-state index in [9.17, 15) is 0 Å². The highest BCUT2D eigenvalue weighted by Gasteiger charge is 2.09. The molecule has 2 aromatic rings. The largest absolute Gasteiger partial charge is 0.419 e. The lowest BCUT2D eigenvalue weighted by atomic mass is 10.2. The highest BCUT2D eigenvalue weighted by atomic mass is 127. The molecule has 0 atom stereocenters. The number of benzene rings is 1. The molecule has 1 heterocycles. The summed E-state index contributed by atoms with van der Waals surface area (Å²) in [5.41, 5.74) is 0.839. The third kappa shape index (κ3) is 3.17. The molecule has 1 N–H and O–H groups in total. The summed E-state index contributed by atoms with van der Waals surface area (Å²) in [6, 6.07) is 5.67. The van der Waals surface area contributed by atoms with Gasteiger partial charge in [0.15, 0.2) is 0 Å². The summed E-state index contributed by atoms with van der Waals surface area (Å²) in [5, 5.41) is 11.8. The number of rotatable bonds is 4. The van der Waals surface area contributed by atoms with Crippen LogP contribution >= 0.6 is 34.2 Å². The summed E-state index contributed by atoms with van der Waals surface area (Å²) in [6.07, 6.45) is 0. The van der Waals surface area contributed by atoms with Crippen LogP contribution in [0.3, 0.4) is 0 Å². The van der Waals surface area contributed by atoms with E-state index in [4.69, 9.17) is 16.0 Å². The maximum absolute atomic E-state index is 6.04. The zero-order valence-electron chi connectivity index (χ0n) is 9.20. The fourth-order valence-electron chi connectivity index (χ4n) is 1.30. The molecule has 0 saturated heterocycles. The fraction of sp³-hybridized carbons (Fsp3) is 0.273. The predicted molar refractivity (Wildman–Crippen MR) is 74.8 cm³/mol. The van der Waals surface area contributed by atoms with Gasteiger partial charge in [-0.3, -0.25) is 0 Å². The summed E-state index contributed by atoms with van der Waals surface area (Å²) >= 11 is 8.22. The number of halogens is 2. The van der Waals surface area contributed by atoms with E-state index < -0.39 is 0 Å². The minimum Gasteiger partial charge on any atom is -0.419 e. The van der Waals surface area contributed by atoms with Crippen molar-refractivity contribution >= 4 is 34.2 Å². The van der Waals surface area contributed by atoms with E-state index in [1.54, 1.807) is 0 Å². The first-order valence-corrected chi connectivity index (χ1v) is 6.65. The lowest BCUT2D eigenvalue weighted by Crippen LogP contribution is -2.11. The third-order valence-corrected chi connectivity index (χ3v) is 3.73. The Labute approximate surface area is 118 Å². The molecule has 0 radical (unpaired) electrons. The highest BCUT2D eigenvalue weighted by Crippen LogP contribution is 2.25. The van der Waals surface area contributed by atoms with Gasteiger partial charge in [0.25, 0.3) is 0 Å². The van der Waals surface area contributed by atoms with Crippen molar-refractivity contribution in [2.75, 3.05) is 6.54 Å². The summed E-state index contributed by atoms with van der Waals surface area (Å²) < 4.78 is 6.52. The number of nitrogens with one attached hydrogen (secondary N) is 1. The Hall–Kier alpha value is -0.660. The van der Waals surface area contributed by atoms with Crippen LogP contribution < -0.4 is 5.32 Å². The van der Waals surface area contributed by atoms with E-state index in [1.165, 1.54) is 0 Å². The van der Waals surface area contributed by atoms with Gasteiger partial charge < -0.3 is 9.73 Å². The summed E-state index contributed by atoms with van der Waals surface area (Å²) in [6.45, 7) is 3.48. The van der Waals surface area contributed by atoms with Crippen LogP contribution in [0, 0.1) is 3.57 Å². The van der Waals surface area contributed by atoms with Gasteiger partial charge in [-0.2, -0.15) is 0 Å². The molecule has 0 unspecified atom stereocenters. The first-order chi connectivity index (χ1) is 8.20. The summed E-state index contributed by atoms with van der Waals surface area (Å²) in [4.78, 5) is 0. The summed E-state index contributed by atoms with van der Waals surface area (Å²) in [7, 11) is 0. The second kappa shape index (κ2) is 5.79. The molecular formula is C11H11ClIN3O. The normalized spacial score (nSPS) is 10.8. The fourth-order valence-corrected chi connectivity index (χ4v) is 1.82. The van der Waals surface area contributed by atoms with Crippen LogP contribution in [0.1, 0.15) is 12.8 Å². The lowest BCUT2D eigenvalue weighted by Gasteiger charge is -1.98. The number of hydrogen-bond acceptors (Lipinski definition) is 4. The molecule has 0 aliphatic carbocycles. The van der Waals surface area contributed by atoms with Crippen molar-refractivity contribution in [3.63, 3.8) is 0 Å². The van der Waals surface area contributed by atoms with E-state index >= 15 is 0 Å². The highest BCUT2D eigenvalue weighted by molar-refractivity contribution is 14.1. The number of hydrogen-bond donors (Lipinski definition) is 1. The molecule has 17 heavy (non-hydrogen) atoms. The molecular weight excluding hydrogens is 352 g/mol. The smallest absolute Gasteiger partial charge is 0.247 e. The van der Waals surface area contributed by atoms with E-state index in [-0.39, 0.29) is 0 Å². The van der Waals surface area contributed by atoms with E-state index in [0.29, 0.717) is 23.3 Å². The molecule has 1 aromatic carbocycles. The average molecular weight is 364 g/mol. The quantitative estimate of drug-likeness (QED) is 0.848. The Bertz CT molecular complexity index is 515. The molecule has 0 saturated carbocycles. The summed E-state index contributed by atoms with van der Waals surface area (Å²) in [5.74, 6) is 1.08. The van der Waals surface area contributed by atoms with Gasteiger partial charge in [-0.1, -0.05) is 18.5 Å². The van der Waals surface area contributed by atoms with Gasteiger partial charge >= 0.3 is 0 Å². The molecule has 0 bridgehead atoms. The van der Waals surface area contributed by atoms with Gasteiger partial charge in [0.2, 0.25) is 11.8 Å². The predicted octanol–water partition coefficient (Wildman–Crippen LogP) is 3.10. The SMILES string of the molecule is CCNCc1nnc(-c2ccc(I)c(Cl)c2)o1. The van der Waals surface area contributed by atoms with Gasteiger partial charge in [-0.25, -0.2) is 0 Å². The zero-order chi connectivity index (χ0) is 12.3. The standard InChI is InChI=1S/C11H11ClIN3O/c1-2-14-6-10-15-16-11(17-10)7-3-4-9(13)8(12)5-7/h3-5,14H,2,6H2,1H3. The van der Waals surface area contributed by atoms with Crippen LogP contribution in [-0.4, -0.2) is 16.7 Å². The van der Waals surface area contributed by atoms with Gasteiger partial charge in [-0.15, -0.1) is 10.2 Å². The van der Waals surface area contributed by atoms with Gasteiger partial charge in [0, 0.05) is 9.13 Å². The van der Waals surface area contributed by atoms with Gasteiger partial charge in [-0.05, 0) is 47.3 Å². The molecule has 4 nitrogen and oxygen atoms in total. The number of nitrogens with zero attached hydrogens (tertiary/aromatic N) is 2. The minimum absolute atomic E-state index is 0.496. The van der Waals surface area contributed by atoms with Crippen LogP contribution in [0.4, 0.5) is 0 Å². The average Bonchev–Trinajstić information content (AvgIpc) is 2.79. The molecule has 6 heteroatoms. The van der Waals surface area contributed by atoms with Crippen LogP contribution in [-0.2, 0) is 6.54 Å². The second-order valence-corrected chi connectivity index (χ2v) is 4.98. The van der Waals surface area contributed by atoms with Crippen molar-refractivity contribution in [3.8, 4) is 11.5 Å². The van der Waals surface area contributed by atoms with Crippen LogP contribution in [0.25, 0.3) is 11.5 Å². The maximum atomic E-state index is 6.04. The monoisotopic (exact) mass is 363 g/mol. The van der Waals surface area contributed by atoms with Crippen LogP contribution in [0.5, 0.6) is 0 Å².